The van der Waals surface area contributed by atoms with Gasteiger partial charge in [-0.2, -0.15) is 0 Å². The minimum Gasteiger partial charge on any atom is -0.469 e. The van der Waals surface area contributed by atoms with Crippen molar-refractivity contribution in [1.82, 2.24) is 4.98 Å². The molecular formula is C13H16ClNO2S. The van der Waals surface area contributed by atoms with Crippen LogP contribution in [0.4, 0.5) is 0 Å². The highest BCUT2D eigenvalue weighted by molar-refractivity contribution is 7.99. The molecule has 1 saturated carbocycles. The van der Waals surface area contributed by atoms with Gasteiger partial charge in [0.15, 0.2) is 0 Å². The van der Waals surface area contributed by atoms with Crippen LogP contribution in [0, 0.1) is 12.3 Å². The van der Waals surface area contributed by atoms with E-state index in [1.165, 1.54) is 7.11 Å². The maximum absolute atomic E-state index is 11.3. The Morgan fingerprint density at radius 1 is 1.61 bits per heavy atom. The molecule has 0 aliphatic heterocycles. The Labute approximate surface area is 116 Å². The Hall–Kier alpha value is -0.740. The Bertz CT molecular complexity index is 460. The zero-order valence-electron chi connectivity index (χ0n) is 10.5. The number of ether oxygens (including phenoxy) is 1. The van der Waals surface area contributed by atoms with Gasteiger partial charge in [-0.05, 0) is 36.8 Å². The highest BCUT2D eigenvalue weighted by atomic mass is 35.5. The van der Waals surface area contributed by atoms with E-state index in [2.05, 4.69) is 4.98 Å². The zero-order chi connectivity index (χ0) is 13.2. The molecule has 1 aliphatic rings. The third kappa shape index (κ3) is 3.39. The number of aromatic nitrogens is 1. The number of halogens is 1. The van der Waals surface area contributed by atoms with Gasteiger partial charge in [0, 0.05) is 16.8 Å². The maximum atomic E-state index is 11.3. The number of rotatable bonds is 5. The van der Waals surface area contributed by atoms with Crippen molar-refractivity contribution < 1.29 is 9.53 Å². The Balaban J connectivity index is 1.95. The van der Waals surface area contributed by atoms with Crippen molar-refractivity contribution in [3.63, 3.8) is 0 Å². The third-order valence-electron chi connectivity index (χ3n) is 3.26. The van der Waals surface area contributed by atoms with Crippen LogP contribution in [0.25, 0.3) is 0 Å². The lowest BCUT2D eigenvalue weighted by atomic mass is 10.1. The SMILES string of the molecule is COC(=O)CC1(CSc2cc(Cl)ncc2C)CC1. The number of thioether (sulfide) groups is 1. The molecule has 0 N–H and O–H groups in total. The fraction of sp³-hybridized carbons (Fsp3) is 0.538. The molecule has 1 fully saturated rings. The lowest BCUT2D eigenvalue weighted by Gasteiger charge is -2.14. The summed E-state index contributed by atoms with van der Waals surface area (Å²) >= 11 is 7.64. The first-order valence-electron chi connectivity index (χ1n) is 5.86. The van der Waals surface area contributed by atoms with Crippen LogP contribution in [-0.2, 0) is 9.53 Å². The lowest BCUT2D eigenvalue weighted by Crippen LogP contribution is -2.13. The summed E-state index contributed by atoms with van der Waals surface area (Å²) in [6.45, 7) is 2.02. The molecule has 18 heavy (non-hydrogen) atoms. The quantitative estimate of drug-likeness (QED) is 0.472. The van der Waals surface area contributed by atoms with Gasteiger partial charge in [0.1, 0.15) is 5.15 Å². The number of carbonyl (C=O) groups excluding carboxylic acids is 1. The molecule has 1 aromatic rings. The summed E-state index contributed by atoms with van der Waals surface area (Å²) in [6, 6.07) is 1.88. The predicted molar refractivity (Wildman–Crippen MR) is 73.0 cm³/mol. The molecule has 1 heterocycles. The molecule has 0 saturated heterocycles. The normalized spacial score (nSPS) is 16.4. The smallest absolute Gasteiger partial charge is 0.306 e. The van der Waals surface area contributed by atoms with Crippen molar-refractivity contribution in [2.45, 2.75) is 31.1 Å². The van der Waals surface area contributed by atoms with Crippen LogP contribution in [0.3, 0.4) is 0 Å². The van der Waals surface area contributed by atoms with Crippen molar-refractivity contribution in [2.75, 3.05) is 12.9 Å². The van der Waals surface area contributed by atoms with Gasteiger partial charge in [-0.25, -0.2) is 4.98 Å². The standard InChI is InChI=1S/C13H16ClNO2S/c1-9-7-15-11(14)5-10(9)18-8-13(3-4-13)6-12(16)17-2/h5,7H,3-4,6,8H2,1-2H3. The van der Waals surface area contributed by atoms with Crippen LogP contribution in [-0.4, -0.2) is 23.8 Å². The number of hydrogen-bond donors (Lipinski definition) is 0. The summed E-state index contributed by atoms with van der Waals surface area (Å²) < 4.78 is 4.74. The van der Waals surface area contributed by atoms with Gasteiger partial charge in [-0.15, -0.1) is 11.8 Å². The lowest BCUT2D eigenvalue weighted by molar-refractivity contribution is -0.141. The summed E-state index contributed by atoms with van der Waals surface area (Å²) in [5, 5.41) is 0.515. The monoisotopic (exact) mass is 285 g/mol. The summed E-state index contributed by atoms with van der Waals surface area (Å²) in [5.74, 6) is 0.820. The van der Waals surface area contributed by atoms with E-state index in [4.69, 9.17) is 16.3 Å². The number of pyridine rings is 1. The van der Waals surface area contributed by atoms with Crippen LogP contribution >= 0.6 is 23.4 Å². The maximum Gasteiger partial charge on any atom is 0.306 e. The minimum absolute atomic E-state index is 0.113. The second-order valence-corrected chi connectivity index (χ2v) is 6.22. The summed E-state index contributed by atoms with van der Waals surface area (Å²) in [7, 11) is 1.44. The molecule has 0 radical (unpaired) electrons. The summed E-state index contributed by atoms with van der Waals surface area (Å²) in [4.78, 5) is 16.5. The molecule has 2 rings (SSSR count). The van der Waals surface area contributed by atoms with Crippen molar-refractivity contribution >= 4 is 29.3 Å². The average molecular weight is 286 g/mol. The fourth-order valence-corrected chi connectivity index (χ4v) is 3.35. The van der Waals surface area contributed by atoms with Crippen molar-refractivity contribution in [2.24, 2.45) is 5.41 Å². The topological polar surface area (TPSA) is 39.2 Å². The van der Waals surface area contributed by atoms with Crippen LogP contribution in [0.5, 0.6) is 0 Å². The number of carbonyl (C=O) groups is 1. The largest absolute Gasteiger partial charge is 0.469 e. The van der Waals surface area contributed by atoms with Crippen molar-refractivity contribution in [1.29, 1.82) is 0 Å². The van der Waals surface area contributed by atoms with Crippen LogP contribution < -0.4 is 0 Å². The molecule has 1 aromatic heterocycles. The first-order valence-corrected chi connectivity index (χ1v) is 7.23. The van der Waals surface area contributed by atoms with Gasteiger partial charge >= 0.3 is 5.97 Å². The van der Waals surface area contributed by atoms with E-state index in [0.717, 1.165) is 29.1 Å². The molecule has 0 atom stereocenters. The second kappa shape index (κ2) is 5.49. The first kappa shape index (κ1) is 13.7. The number of methoxy groups -OCH3 is 1. The summed E-state index contributed by atoms with van der Waals surface area (Å²) in [6.07, 6.45) is 4.51. The molecule has 1 aliphatic carbocycles. The summed E-state index contributed by atoms with van der Waals surface area (Å²) in [5.41, 5.74) is 1.26. The molecule has 0 unspecified atom stereocenters. The molecule has 0 amide bonds. The molecule has 0 spiro atoms. The first-order chi connectivity index (χ1) is 8.54. The molecule has 98 valence electrons. The number of nitrogens with zero attached hydrogens (tertiary/aromatic N) is 1. The fourth-order valence-electron chi connectivity index (χ4n) is 1.80. The van der Waals surface area contributed by atoms with Crippen molar-refractivity contribution in [3.05, 3.63) is 23.0 Å². The van der Waals surface area contributed by atoms with E-state index in [1.807, 2.05) is 13.0 Å². The van der Waals surface area contributed by atoms with E-state index in [9.17, 15) is 4.79 Å². The molecule has 0 bridgehead atoms. The van der Waals surface area contributed by atoms with Gasteiger partial charge in [-0.1, -0.05) is 11.6 Å². The number of aryl methyl sites for hydroxylation is 1. The number of esters is 1. The van der Waals surface area contributed by atoms with E-state index in [0.29, 0.717) is 11.6 Å². The van der Waals surface area contributed by atoms with Gasteiger partial charge in [0.2, 0.25) is 0 Å². The Morgan fingerprint density at radius 3 is 2.94 bits per heavy atom. The van der Waals surface area contributed by atoms with Crippen molar-refractivity contribution in [3.8, 4) is 0 Å². The Morgan fingerprint density at radius 2 is 2.33 bits per heavy atom. The zero-order valence-corrected chi connectivity index (χ0v) is 12.1. The molecular weight excluding hydrogens is 270 g/mol. The second-order valence-electron chi connectivity index (χ2n) is 4.81. The third-order valence-corrected chi connectivity index (χ3v) is 4.97. The van der Waals surface area contributed by atoms with Crippen LogP contribution in [0.15, 0.2) is 17.2 Å². The van der Waals surface area contributed by atoms with E-state index >= 15 is 0 Å². The van der Waals surface area contributed by atoms with Crippen LogP contribution in [0.2, 0.25) is 5.15 Å². The minimum atomic E-state index is -0.113. The Kier molecular flexibility index (Phi) is 4.17. The average Bonchev–Trinajstić information content (AvgIpc) is 3.10. The van der Waals surface area contributed by atoms with Gasteiger partial charge in [-0.3, -0.25) is 4.79 Å². The highest BCUT2D eigenvalue weighted by Crippen LogP contribution is 2.52. The van der Waals surface area contributed by atoms with Gasteiger partial charge in [0.25, 0.3) is 0 Å². The van der Waals surface area contributed by atoms with E-state index in [-0.39, 0.29) is 11.4 Å². The van der Waals surface area contributed by atoms with E-state index < -0.39 is 0 Å². The molecule has 5 heteroatoms. The predicted octanol–water partition coefficient (Wildman–Crippen LogP) is 3.48. The van der Waals surface area contributed by atoms with Crippen LogP contribution in [0.1, 0.15) is 24.8 Å². The number of hydrogen-bond acceptors (Lipinski definition) is 4. The van der Waals surface area contributed by atoms with Gasteiger partial charge in [0.05, 0.1) is 13.5 Å². The van der Waals surface area contributed by atoms with E-state index in [1.54, 1.807) is 18.0 Å². The van der Waals surface area contributed by atoms with Gasteiger partial charge < -0.3 is 4.74 Å². The molecule has 0 aromatic carbocycles. The highest BCUT2D eigenvalue weighted by Gasteiger charge is 2.44. The molecule has 3 nitrogen and oxygen atoms in total.